The molecule has 0 saturated heterocycles. The average Bonchev–Trinajstić information content (AvgIpc) is 3.05. The van der Waals surface area contributed by atoms with Gasteiger partial charge >= 0.3 is 0 Å². The van der Waals surface area contributed by atoms with Gasteiger partial charge in [0.15, 0.2) is 11.7 Å². The van der Waals surface area contributed by atoms with Crippen LogP contribution >= 0.6 is 0 Å². The molecule has 3 aromatic rings. The van der Waals surface area contributed by atoms with Crippen molar-refractivity contribution in [2.45, 2.75) is 44.1 Å². The van der Waals surface area contributed by atoms with Gasteiger partial charge in [0.2, 0.25) is 10.0 Å². The molecule has 0 aliphatic heterocycles. The van der Waals surface area contributed by atoms with Crippen LogP contribution in [0.15, 0.2) is 46.0 Å². The van der Waals surface area contributed by atoms with Crippen LogP contribution in [0.3, 0.4) is 0 Å². The quantitative estimate of drug-likeness (QED) is 0.560. The first-order valence-electron chi connectivity index (χ1n) is 9.01. The summed E-state index contributed by atoms with van der Waals surface area (Å²) in [5.74, 6) is 1.23. The summed E-state index contributed by atoms with van der Waals surface area (Å²) in [6.07, 6.45) is 4.15. The minimum atomic E-state index is -3.88. The molecule has 0 unspecified atom stereocenters. The van der Waals surface area contributed by atoms with Crippen molar-refractivity contribution in [2.24, 2.45) is 5.14 Å². The maximum absolute atomic E-state index is 11.9. The molecule has 0 spiro atoms. The summed E-state index contributed by atoms with van der Waals surface area (Å²) in [5.41, 5.74) is 7.85. The standard InChI is InChI=1S/C20H24N4O4S/c1-12-23-11-18(28-12)17-8-14(10-24-19(17)21)16-9-15(29(22,26)27)5-4-13(16)6-7-20(2,3)25/h4-5,8-11,25H,6-7H2,1-3H3,(H2,21,24)(H2,22,26,27). The number of hydrogen-bond donors (Lipinski definition) is 3. The van der Waals surface area contributed by atoms with E-state index >= 15 is 0 Å². The number of sulfonamides is 1. The number of pyridine rings is 1. The van der Waals surface area contributed by atoms with Crippen LogP contribution in [0.4, 0.5) is 5.82 Å². The lowest BCUT2D eigenvalue weighted by atomic mass is 9.93. The number of aromatic nitrogens is 2. The van der Waals surface area contributed by atoms with E-state index in [-0.39, 0.29) is 10.7 Å². The van der Waals surface area contributed by atoms with Gasteiger partial charge in [-0.15, -0.1) is 0 Å². The highest BCUT2D eigenvalue weighted by Crippen LogP contribution is 2.33. The van der Waals surface area contributed by atoms with E-state index < -0.39 is 15.6 Å². The van der Waals surface area contributed by atoms with E-state index in [0.29, 0.717) is 41.2 Å². The Morgan fingerprint density at radius 1 is 1.14 bits per heavy atom. The Balaban J connectivity index is 2.14. The number of rotatable bonds is 6. The molecule has 0 aliphatic rings. The van der Waals surface area contributed by atoms with Crippen molar-refractivity contribution in [3.8, 4) is 22.5 Å². The molecule has 0 saturated carbocycles. The zero-order valence-electron chi connectivity index (χ0n) is 16.5. The van der Waals surface area contributed by atoms with E-state index in [1.165, 1.54) is 12.1 Å². The van der Waals surface area contributed by atoms with Crippen molar-refractivity contribution >= 4 is 15.8 Å². The molecular weight excluding hydrogens is 392 g/mol. The van der Waals surface area contributed by atoms with E-state index in [1.54, 1.807) is 45.3 Å². The van der Waals surface area contributed by atoms with Crippen molar-refractivity contribution in [1.29, 1.82) is 0 Å². The second kappa shape index (κ2) is 7.58. The number of hydrogen-bond acceptors (Lipinski definition) is 7. The number of primary sulfonamides is 1. The topological polar surface area (TPSA) is 145 Å². The molecule has 29 heavy (non-hydrogen) atoms. The van der Waals surface area contributed by atoms with Crippen molar-refractivity contribution in [2.75, 3.05) is 5.73 Å². The molecule has 2 aromatic heterocycles. The predicted octanol–water partition coefficient (Wildman–Crippen LogP) is 2.65. The first-order chi connectivity index (χ1) is 13.4. The van der Waals surface area contributed by atoms with Gasteiger partial charge in [-0.1, -0.05) is 6.07 Å². The number of nitrogens with zero attached hydrogens (tertiary/aromatic N) is 2. The Morgan fingerprint density at radius 2 is 1.86 bits per heavy atom. The lowest BCUT2D eigenvalue weighted by Crippen LogP contribution is -2.19. The summed E-state index contributed by atoms with van der Waals surface area (Å²) in [6, 6.07) is 6.45. The maximum atomic E-state index is 11.9. The number of nitrogens with two attached hydrogens (primary N) is 2. The van der Waals surface area contributed by atoms with Gasteiger partial charge in [-0.05, 0) is 56.0 Å². The van der Waals surface area contributed by atoms with Crippen LogP contribution < -0.4 is 10.9 Å². The van der Waals surface area contributed by atoms with E-state index in [2.05, 4.69) is 9.97 Å². The molecule has 154 valence electrons. The van der Waals surface area contributed by atoms with Gasteiger partial charge in [0.1, 0.15) is 5.82 Å². The third-order valence-corrected chi connectivity index (χ3v) is 5.44. The zero-order valence-corrected chi connectivity index (χ0v) is 17.3. The Kier molecular flexibility index (Phi) is 5.48. The third-order valence-electron chi connectivity index (χ3n) is 4.53. The highest BCUT2D eigenvalue weighted by molar-refractivity contribution is 7.89. The van der Waals surface area contributed by atoms with Crippen LogP contribution in [-0.2, 0) is 16.4 Å². The normalized spacial score (nSPS) is 12.3. The molecule has 5 N–H and O–H groups in total. The van der Waals surface area contributed by atoms with Crippen LogP contribution in [0.25, 0.3) is 22.5 Å². The lowest BCUT2D eigenvalue weighted by Gasteiger charge is -2.19. The fraction of sp³-hybridized carbons (Fsp3) is 0.300. The molecule has 1 aromatic carbocycles. The van der Waals surface area contributed by atoms with Crippen molar-refractivity contribution < 1.29 is 17.9 Å². The highest BCUT2D eigenvalue weighted by Gasteiger charge is 2.18. The van der Waals surface area contributed by atoms with E-state index in [4.69, 9.17) is 15.3 Å². The summed E-state index contributed by atoms with van der Waals surface area (Å²) < 4.78 is 29.3. The summed E-state index contributed by atoms with van der Waals surface area (Å²) in [5, 5.41) is 15.4. The van der Waals surface area contributed by atoms with Crippen LogP contribution in [0.1, 0.15) is 31.7 Å². The van der Waals surface area contributed by atoms with Crippen molar-refractivity contribution in [3.63, 3.8) is 0 Å². The number of nitrogen functional groups attached to an aromatic ring is 1. The zero-order chi connectivity index (χ0) is 21.4. The van der Waals surface area contributed by atoms with Crippen LogP contribution in [0.5, 0.6) is 0 Å². The fourth-order valence-electron chi connectivity index (χ4n) is 2.97. The number of benzene rings is 1. The van der Waals surface area contributed by atoms with Gasteiger partial charge in [0, 0.05) is 18.7 Å². The Labute approximate surface area is 169 Å². The lowest BCUT2D eigenvalue weighted by molar-refractivity contribution is 0.0714. The van der Waals surface area contributed by atoms with Gasteiger partial charge in [0.05, 0.1) is 22.3 Å². The molecule has 0 bridgehead atoms. The smallest absolute Gasteiger partial charge is 0.238 e. The number of aryl methyl sites for hydroxylation is 2. The van der Waals surface area contributed by atoms with Gasteiger partial charge in [-0.2, -0.15) is 0 Å². The van der Waals surface area contributed by atoms with Crippen molar-refractivity contribution in [1.82, 2.24) is 9.97 Å². The first-order valence-corrected chi connectivity index (χ1v) is 10.6. The second-order valence-corrected chi connectivity index (χ2v) is 9.14. The minimum Gasteiger partial charge on any atom is -0.441 e. The van der Waals surface area contributed by atoms with Crippen LogP contribution in [0.2, 0.25) is 0 Å². The number of oxazole rings is 1. The summed E-state index contributed by atoms with van der Waals surface area (Å²) in [4.78, 5) is 8.32. The Hall–Kier alpha value is -2.75. The molecule has 0 amide bonds. The van der Waals surface area contributed by atoms with E-state index in [1.807, 2.05) is 0 Å². The van der Waals surface area contributed by atoms with Crippen molar-refractivity contribution in [3.05, 3.63) is 48.1 Å². The Bertz CT molecular complexity index is 1150. The summed E-state index contributed by atoms with van der Waals surface area (Å²) >= 11 is 0. The van der Waals surface area contributed by atoms with Gasteiger partial charge in [-0.3, -0.25) is 0 Å². The molecule has 3 rings (SSSR count). The van der Waals surface area contributed by atoms with Gasteiger partial charge in [-0.25, -0.2) is 23.5 Å². The van der Waals surface area contributed by atoms with Gasteiger partial charge < -0.3 is 15.3 Å². The molecule has 0 aliphatic carbocycles. The molecule has 0 atom stereocenters. The molecule has 0 radical (unpaired) electrons. The minimum absolute atomic E-state index is 0.00612. The third kappa shape index (κ3) is 5.00. The molecule has 8 nitrogen and oxygen atoms in total. The van der Waals surface area contributed by atoms with Crippen LogP contribution in [0, 0.1) is 6.92 Å². The monoisotopic (exact) mass is 416 g/mol. The Morgan fingerprint density at radius 3 is 2.45 bits per heavy atom. The molecule has 9 heteroatoms. The second-order valence-electron chi connectivity index (χ2n) is 7.58. The summed E-state index contributed by atoms with van der Waals surface area (Å²) in [7, 11) is -3.88. The number of aliphatic hydroxyl groups is 1. The summed E-state index contributed by atoms with van der Waals surface area (Å²) in [6.45, 7) is 5.17. The fourth-order valence-corrected chi connectivity index (χ4v) is 3.51. The van der Waals surface area contributed by atoms with Crippen LogP contribution in [-0.4, -0.2) is 29.1 Å². The van der Waals surface area contributed by atoms with Gasteiger partial charge in [0.25, 0.3) is 0 Å². The SMILES string of the molecule is Cc1ncc(-c2cc(-c3cc(S(N)(=O)=O)ccc3CCC(C)(C)O)cnc2N)o1. The maximum Gasteiger partial charge on any atom is 0.238 e. The highest BCUT2D eigenvalue weighted by atomic mass is 32.2. The predicted molar refractivity (Wildman–Crippen MR) is 110 cm³/mol. The molecular formula is C20H24N4O4S. The number of anilines is 1. The molecule has 2 heterocycles. The van der Waals surface area contributed by atoms with E-state index in [0.717, 1.165) is 5.56 Å². The first kappa shape index (κ1) is 21.0. The van der Waals surface area contributed by atoms with E-state index in [9.17, 15) is 13.5 Å². The largest absolute Gasteiger partial charge is 0.441 e. The molecule has 0 fully saturated rings. The average molecular weight is 417 g/mol.